The number of carbonyl (C=O) groups excluding carboxylic acids is 3. The monoisotopic (exact) mass is 466 g/mol. The van der Waals surface area contributed by atoms with Crippen LogP contribution in [-0.2, 0) is 19.1 Å². The van der Waals surface area contributed by atoms with Crippen molar-refractivity contribution in [2.45, 2.75) is 72.5 Å². The molecule has 4 aliphatic carbocycles. The van der Waals surface area contributed by atoms with E-state index in [0.29, 0.717) is 0 Å². The van der Waals surface area contributed by atoms with E-state index in [2.05, 4.69) is 13.8 Å². The molecule has 0 saturated heterocycles. The zero-order valence-electron chi connectivity index (χ0n) is 20.8. The number of carbonyl (C=O) groups is 3. The molecule has 0 radical (unpaired) electrons. The smallest absolute Gasteiger partial charge is 0.303 e. The van der Waals surface area contributed by atoms with E-state index in [0.717, 1.165) is 24.0 Å². The van der Waals surface area contributed by atoms with Gasteiger partial charge in [0.2, 0.25) is 0 Å². The van der Waals surface area contributed by atoms with Crippen LogP contribution in [0.25, 0.3) is 0 Å². The van der Waals surface area contributed by atoms with Crippen molar-refractivity contribution in [3.05, 3.63) is 48.0 Å². The van der Waals surface area contributed by atoms with Crippen molar-refractivity contribution in [1.29, 1.82) is 0 Å². The van der Waals surface area contributed by atoms with Crippen molar-refractivity contribution in [3.8, 4) is 0 Å². The maximum atomic E-state index is 13.4. The average Bonchev–Trinajstić information content (AvgIpc) is 3.34. The molecule has 1 N–H and O–H groups in total. The first-order chi connectivity index (χ1) is 15.8. The standard InChI is InChI=1S/C28H34O6/c1-15(29)34-24-22(32)23-25(2,3)20(31)8-11-27(23,5)18-7-10-26(4)19(28(18,24)6)13-17(30)21(26)16-9-12-33-14-16/h8-9,11-14,18,21-24,32H,7,10H2,1-6H3/t18-,21-,22-,23+,24-,26-,27-,28-/m1/s1. The Balaban J connectivity index is 1.72. The summed E-state index contributed by atoms with van der Waals surface area (Å²) in [4.78, 5) is 38.7. The largest absolute Gasteiger partial charge is 0.472 e. The van der Waals surface area contributed by atoms with Crippen LogP contribution in [0, 0.1) is 33.5 Å². The lowest BCUT2D eigenvalue weighted by Gasteiger charge is -2.67. The Labute approximate surface area is 200 Å². The minimum absolute atomic E-state index is 0.0128. The van der Waals surface area contributed by atoms with Crippen LogP contribution in [0.2, 0.25) is 0 Å². The van der Waals surface area contributed by atoms with Gasteiger partial charge in [0.15, 0.2) is 11.6 Å². The van der Waals surface area contributed by atoms with Crippen LogP contribution in [-0.4, -0.2) is 34.9 Å². The molecule has 5 rings (SSSR count). The van der Waals surface area contributed by atoms with E-state index >= 15 is 0 Å². The minimum atomic E-state index is -1.06. The van der Waals surface area contributed by atoms with Crippen molar-refractivity contribution in [2.75, 3.05) is 0 Å². The van der Waals surface area contributed by atoms with Gasteiger partial charge in [0.05, 0.1) is 24.5 Å². The molecule has 6 heteroatoms. The minimum Gasteiger partial charge on any atom is -0.472 e. The van der Waals surface area contributed by atoms with Gasteiger partial charge in [0.1, 0.15) is 6.10 Å². The van der Waals surface area contributed by atoms with E-state index in [-0.39, 0.29) is 23.4 Å². The van der Waals surface area contributed by atoms with Crippen LogP contribution in [0.15, 0.2) is 46.8 Å². The first-order valence-corrected chi connectivity index (χ1v) is 12.2. The highest BCUT2D eigenvalue weighted by Crippen LogP contribution is 2.72. The van der Waals surface area contributed by atoms with Gasteiger partial charge in [-0.15, -0.1) is 0 Å². The van der Waals surface area contributed by atoms with Gasteiger partial charge in [-0.1, -0.05) is 40.7 Å². The predicted octanol–water partition coefficient (Wildman–Crippen LogP) is 4.39. The van der Waals surface area contributed by atoms with Gasteiger partial charge in [-0.05, 0) is 48.0 Å². The van der Waals surface area contributed by atoms with Gasteiger partial charge >= 0.3 is 5.97 Å². The number of ether oxygens (including phenoxy) is 1. The molecule has 0 aliphatic heterocycles. The van der Waals surface area contributed by atoms with Crippen LogP contribution in [0.3, 0.4) is 0 Å². The Kier molecular flexibility index (Phi) is 4.81. The molecule has 6 nitrogen and oxygen atoms in total. The maximum Gasteiger partial charge on any atom is 0.303 e. The summed E-state index contributed by atoms with van der Waals surface area (Å²) in [5, 5.41) is 11.9. The molecule has 2 saturated carbocycles. The number of esters is 1. The van der Waals surface area contributed by atoms with Crippen LogP contribution in [0.1, 0.15) is 65.9 Å². The summed E-state index contributed by atoms with van der Waals surface area (Å²) in [5.74, 6) is -1.33. The first-order valence-electron chi connectivity index (χ1n) is 12.2. The molecule has 8 atom stereocenters. The van der Waals surface area contributed by atoms with Gasteiger partial charge in [0, 0.05) is 34.7 Å². The van der Waals surface area contributed by atoms with Gasteiger partial charge in [-0.25, -0.2) is 0 Å². The lowest BCUT2D eigenvalue weighted by Crippen LogP contribution is -2.70. The Hall–Kier alpha value is -2.47. The van der Waals surface area contributed by atoms with E-state index in [1.54, 1.807) is 24.7 Å². The number of hydrogen-bond acceptors (Lipinski definition) is 6. The van der Waals surface area contributed by atoms with Crippen molar-refractivity contribution in [3.63, 3.8) is 0 Å². The van der Waals surface area contributed by atoms with E-state index in [1.807, 2.05) is 32.9 Å². The third-order valence-electron chi connectivity index (χ3n) is 9.92. The zero-order chi connectivity index (χ0) is 24.8. The topological polar surface area (TPSA) is 93.8 Å². The van der Waals surface area contributed by atoms with Gasteiger partial charge in [-0.3, -0.25) is 14.4 Å². The van der Waals surface area contributed by atoms with Gasteiger partial charge < -0.3 is 14.3 Å². The molecule has 182 valence electrons. The molecule has 1 heterocycles. The molecule has 0 spiro atoms. The molecule has 2 fully saturated rings. The second-order valence-electron chi connectivity index (χ2n) is 12.0. The fraction of sp³-hybridized carbons (Fsp3) is 0.607. The lowest BCUT2D eigenvalue weighted by atomic mass is 9.38. The Morgan fingerprint density at radius 2 is 1.88 bits per heavy atom. The number of ketones is 2. The SMILES string of the molecule is CC(=O)O[C@@H]1[C@H](O)[C@H]2C(C)(C)C(=O)C=C[C@]2(C)[C@H]2CC[C@]3(C)C(=CC(=O)[C@H]3c3ccoc3)[C@]12C. The van der Waals surface area contributed by atoms with Crippen molar-refractivity contribution in [1.82, 2.24) is 0 Å². The molecule has 0 amide bonds. The molecule has 0 bridgehead atoms. The average molecular weight is 467 g/mol. The number of rotatable bonds is 2. The molecule has 0 aromatic carbocycles. The molecule has 1 aromatic heterocycles. The zero-order valence-corrected chi connectivity index (χ0v) is 20.8. The van der Waals surface area contributed by atoms with Crippen molar-refractivity contribution in [2.24, 2.45) is 33.5 Å². The molecular weight excluding hydrogens is 432 g/mol. The fourth-order valence-corrected chi connectivity index (χ4v) is 8.65. The van der Waals surface area contributed by atoms with Crippen molar-refractivity contribution >= 4 is 17.5 Å². The quantitative estimate of drug-likeness (QED) is 0.650. The van der Waals surface area contributed by atoms with Crippen LogP contribution < -0.4 is 0 Å². The highest BCUT2D eigenvalue weighted by Gasteiger charge is 2.72. The fourth-order valence-electron chi connectivity index (χ4n) is 8.65. The number of aliphatic hydroxyl groups excluding tert-OH is 1. The number of furan rings is 1. The number of aliphatic hydroxyl groups is 1. The van der Waals surface area contributed by atoms with Gasteiger partial charge in [-0.2, -0.15) is 0 Å². The third-order valence-corrected chi connectivity index (χ3v) is 9.92. The summed E-state index contributed by atoms with van der Waals surface area (Å²) in [7, 11) is 0. The molecule has 1 aromatic rings. The summed E-state index contributed by atoms with van der Waals surface area (Å²) in [6, 6.07) is 1.84. The van der Waals surface area contributed by atoms with E-state index in [9.17, 15) is 19.5 Å². The summed E-state index contributed by atoms with van der Waals surface area (Å²) in [5.41, 5.74) is -0.825. The van der Waals surface area contributed by atoms with Crippen LogP contribution in [0.4, 0.5) is 0 Å². The van der Waals surface area contributed by atoms with Crippen molar-refractivity contribution < 1.29 is 28.6 Å². The van der Waals surface area contributed by atoms with Crippen LogP contribution >= 0.6 is 0 Å². The van der Waals surface area contributed by atoms with E-state index in [4.69, 9.17) is 9.15 Å². The molecular formula is C28H34O6. The van der Waals surface area contributed by atoms with Gasteiger partial charge in [0.25, 0.3) is 0 Å². The highest BCUT2D eigenvalue weighted by molar-refractivity contribution is 6.01. The number of fused-ring (bicyclic) bond motifs is 5. The second-order valence-corrected chi connectivity index (χ2v) is 12.0. The Morgan fingerprint density at radius 3 is 2.50 bits per heavy atom. The van der Waals surface area contributed by atoms with E-state index < -0.39 is 45.8 Å². The predicted molar refractivity (Wildman–Crippen MR) is 125 cm³/mol. The lowest BCUT2D eigenvalue weighted by molar-refractivity contribution is -0.228. The highest BCUT2D eigenvalue weighted by atomic mass is 16.6. The summed E-state index contributed by atoms with van der Waals surface area (Å²) in [6.45, 7) is 11.4. The number of allylic oxidation sites excluding steroid dienone is 3. The summed E-state index contributed by atoms with van der Waals surface area (Å²) in [6.07, 6.45) is 8.19. The van der Waals surface area contributed by atoms with E-state index in [1.165, 1.54) is 6.92 Å². The number of hydrogen-bond donors (Lipinski definition) is 1. The Bertz CT molecular complexity index is 1130. The summed E-state index contributed by atoms with van der Waals surface area (Å²) < 4.78 is 11.2. The Morgan fingerprint density at radius 1 is 1.18 bits per heavy atom. The second kappa shape index (κ2) is 7.03. The molecule has 4 aliphatic rings. The van der Waals surface area contributed by atoms with Crippen LogP contribution in [0.5, 0.6) is 0 Å². The maximum absolute atomic E-state index is 13.4. The third kappa shape index (κ3) is 2.69. The first kappa shape index (κ1) is 23.3. The summed E-state index contributed by atoms with van der Waals surface area (Å²) >= 11 is 0. The normalized spacial score (nSPS) is 44.7. The molecule has 0 unspecified atom stereocenters. The molecule has 34 heavy (non-hydrogen) atoms.